The van der Waals surface area contributed by atoms with Crippen LogP contribution >= 0.6 is 0 Å². The second-order valence-corrected chi connectivity index (χ2v) is 4.46. The Balaban J connectivity index is 2.24. The van der Waals surface area contributed by atoms with E-state index >= 15 is 0 Å². The predicted octanol–water partition coefficient (Wildman–Crippen LogP) is 3.71. The van der Waals surface area contributed by atoms with E-state index in [2.05, 4.69) is 16.4 Å². The maximum absolute atomic E-state index is 13.1. The fraction of sp³-hybridized carbons (Fsp3) is 0.267. The fourth-order valence-corrected chi connectivity index (χ4v) is 1.98. The third kappa shape index (κ3) is 3.22. The molecule has 0 saturated carbocycles. The van der Waals surface area contributed by atoms with Gasteiger partial charge in [-0.2, -0.15) is 4.39 Å². The number of ether oxygens (including phenoxy) is 1. The average molecular weight is 260 g/mol. The van der Waals surface area contributed by atoms with E-state index in [1.165, 1.54) is 6.07 Å². The molecule has 0 radical (unpaired) electrons. The minimum atomic E-state index is -0.492. The number of hydrogen-bond acceptors (Lipinski definition) is 3. The standard InChI is InChI=1S/C15H17FN2O/c1-10-7-8-13(19-3)12(9-10)11(2)17-15-6-4-5-14(16)18-15/h4-9,11H,1-3H3,(H,17,18). The van der Waals surface area contributed by atoms with Gasteiger partial charge < -0.3 is 10.1 Å². The van der Waals surface area contributed by atoms with Crippen LogP contribution < -0.4 is 10.1 Å². The highest BCUT2D eigenvalue weighted by Gasteiger charge is 2.12. The number of aromatic nitrogens is 1. The highest BCUT2D eigenvalue weighted by molar-refractivity contribution is 5.44. The highest BCUT2D eigenvalue weighted by Crippen LogP contribution is 2.28. The topological polar surface area (TPSA) is 34.1 Å². The normalized spacial score (nSPS) is 12.0. The number of hydrogen-bond donors (Lipinski definition) is 1. The zero-order chi connectivity index (χ0) is 13.8. The second kappa shape index (κ2) is 5.69. The lowest BCUT2D eigenvalue weighted by molar-refractivity contribution is 0.407. The van der Waals surface area contributed by atoms with Crippen molar-refractivity contribution in [1.82, 2.24) is 4.98 Å². The summed E-state index contributed by atoms with van der Waals surface area (Å²) in [5, 5.41) is 3.17. The molecule has 0 saturated heterocycles. The van der Waals surface area contributed by atoms with E-state index in [4.69, 9.17) is 4.74 Å². The van der Waals surface area contributed by atoms with Crippen molar-refractivity contribution in [3.63, 3.8) is 0 Å². The van der Waals surface area contributed by atoms with E-state index in [0.29, 0.717) is 5.82 Å². The van der Waals surface area contributed by atoms with Crippen molar-refractivity contribution in [1.29, 1.82) is 0 Å². The van der Waals surface area contributed by atoms with Crippen molar-refractivity contribution in [2.45, 2.75) is 19.9 Å². The van der Waals surface area contributed by atoms with Crippen LogP contribution in [0, 0.1) is 12.9 Å². The first-order chi connectivity index (χ1) is 9.10. The zero-order valence-electron chi connectivity index (χ0n) is 11.3. The number of anilines is 1. The van der Waals surface area contributed by atoms with E-state index in [1.807, 2.05) is 26.0 Å². The fourth-order valence-electron chi connectivity index (χ4n) is 1.98. The van der Waals surface area contributed by atoms with Gasteiger partial charge in [0.05, 0.1) is 13.2 Å². The van der Waals surface area contributed by atoms with Crippen LogP contribution in [0.2, 0.25) is 0 Å². The number of nitrogens with zero attached hydrogens (tertiary/aromatic N) is 1. The summed E-state index contributed by atoms with van der Waals surface area (Å²) in [6, 6.07) is 10.6. The van der Waals surface area contributed by atoms with Gasteiger partial charge in [-0.1, -0.05) is 23.8 Å². The number of halogens is 1. The van der Waals surface area contributed by atoms with Gasteiger partial charge >= 0.3 is 0 Å². The van der Waals surface area contributed by atoms with Crippen molar-refractivity contribution in [2.75, 3.05) is 12.4 Å². The van der Waals surface area contributed by atoms with Crippen LogP contribution in [-0.2, 0) is 0 Å². The van der Waals surface area contributed by atoms with Gasteiger partial charge in [-0.15, -0.1) is 0 Å². The molecular formula is C15H17FN2O. The molecule has 0 aliphatic heterocycles. The maximum atomic E-state index is 13.1. The number of methoxy groups -OCH3 is 1. The largest absolute Gasteiger partial charge is 0.496 e. The van der Waals surface area contributed by atoms with Crippen LogP contribution in [0.4, 0.5) is 10.2 Å². The molecular weight excluding hydrogens is 243 g/mol. The Bertz CT molecular complexity index is 572. The van der Waals surface area contributed by atoms with Crippen LogP contribution in [0.1, 0.15) is 24.1 Å². The summed E-state index contributed by atoms with van der Waals surface area (Å²) in [7, 11) is 1.64. The van der Waals surface area contributed by atoms with Crippen LogP contribution in [0.5, 0.6) is 5.75 Å². The molecule has 4 heteroatoms. The number of pyridine rings is 1. The number of rotatable bonds is 4. The van der Waals surface area contributed by atoms with E-state index in [9.17, 15) is 4.39 Å². The first-order valence-electron chi connectivity index (χ1n) is 6.14. The second-order valence-electron chi connectivity index (χ2n) is 4.46. The minimum Gasteiger partial charge on any atom is -0.496 e. The van der Waals surface area contributed by atoms with Crippen LogP contribution in [-0.4, -0.2) is 12.1 Å². The molecule has 1 heterocycles. The Kier molecular flexibility index (Phi) is 4.00. The first kappa shape index (κ1) is 13.3. The molecule has 1 aromatic heterocycles. The summed E-state index contributed by atoms with van der Waals surface area (Å²) in [6.07, 6.45) is 0. The Labute approximate surface area is 112 Å². The molecule has 2 rings (SSSR count). The Hall–Kier alpha value is -2.10. The highest BCUT2D eigenvalue weighted by atomic mass is 19.1. The van der Waals surface area contributed by atoms with Crippen LogP contribution in [0.3, 0.4) is 0 Å². The first-order valence-corrected chi connectivity index (χ1v) is 6.14. The van der Waals surface area contributed by atoms with E-state index in [-0.39, 0.29) is 6.04 Å². The minimum absolute atomic E-state index is 0.0239. The maximum Gasteiger partial charge on any atom is 0.214 e. The molecule has 19 heavy (non-hydrogen) atoms. The van der Waals surface area contributed by atoms with Crippen molar-refractivity contribution in [2.24, 2.45) is 0 Å². The lowest BCUT2D eigenvalue weighted by Gasteiger charge is -2.18. The lowest BCUT2D eigenvalue weighted by atomic mass is 10.0. The summed E-state index contributed by atoms with van der Waals surface area (Å²) in [5.74, 6) is 0.825. The van der Waals surface area contributed by atoms with E-state index in [1.54, 1.807) is 19.2 Å². The van der Waals surface area contributed by atoms with Gasteiger partial charge in [-0.3, -0.25) is 0 Å². The van der Waals surface area contributed by atoms with Gasteiger partial charge in [0.1, 0.15) is 11.6 Å². The molecule has 1 unspecified atom stereocenters. The summed E-state index contributed by atoms with van der Waals surface area (Å²) in [5.41, 5.74) is 2.17. The third-order valence-corrected chi connectivity index (χ3v) is 2.93. The third-order valence-electron chi connectivity index (χ3n) is 2.93. The quantitative estimate of drug-likeness (QED) is 0.851. The molecule has 1 N–H and O–H groups in total. The SMILES string of the molecule is COc1ccc(C)cc1C(C)Nc1cccc(F)n1. The van der Waals surface area contributed by atoms with E-state index < -0.39 is 5.95 Å². The van der Waals surface area contributed by atoms with Crippen LogP contribution in [0.25, 0.3) is 0 Å². The molecule has 0 spiro atoms. The van der Waals surface area contributed by atoms with Gasteiger partial charge in [0.15, 0.2) is 0 Å². The summed E-state index contributed by atoms with van der Waals surface area (Å²) in [6.45, 7) is 4.01. The predicted molar refractivity (Wildman–Crippen MR) is 74.0 cm³/mol. The molecule has 0 fully saturated rings. The molecule has 1 aromatic carbocycles. The van der Waals surface area contributed by atoms with Gasteiger partial charge in [-0.25, -0.2) is 4.98 Å². The molecule has 2 aromatic rings. The Morgan fingerprint density at radius 1 is 1.26 bits per heavy atom. The lowest BCUT2D eigenvalue weighted by Crippen LogP contribution is -2.10. The van der Waals surface area contributed by atoms with Gasteiger partial charge in [0.2, 0.25) is 5.95 Å². The molecule has 0 aliphatic rings. The molecule has 0 bridgehead atoms. The summed E-state index contributed by atoms with van der Waals surface area (Å²) < 4.78 is 18.4. The van der Waals surface area contributed by atoms with E-state index in [0.717, 1.165) is 16.9 Å². The van der Waals surface area contributed by atoms with Gasteiger partial charge in [0.25, 0.3) is 0 Å². The van der Waals surface area contributed by atoms with Gasteiger partial charge in [0, 0.05) is 5.56 Å². The van der Waals surface area contributed by atoms with Crippen molar-refractivity contribution >= 4 is 5.82 Å². The van der Waals surface area contributed by atoms with Crippen molar-refractivity contribution < 1.29 is 9.13 Å². The number of nitrogens with one attached hydrogen (secondary N) is 1. The van der Waals surface area contributed by atoms with Gasteiger partial charge in [-0.05, 0) is 32.0 Å². The molecule has 1 atom stereocenters. The van der Waals surface area contributed by atoms with Crippen molar-refractivity contribution in [3.8, 4) is 5.75 Å². The Morgan fingerprint density at radius 2 is 2.05 bits per heavy atom. The zero-order valence-corrected chi connectivity index (χ0v) is 11.3. The Morgan fingerprint density at radius 3 is 2.74 bits per heavy atom. The number of aryl methyl sites for hydroxylation is 1. The van der Waals surface area contributed by atoms with Crippen molar-refractivity contribution in [3.05, 3.63) is 53.5 Å². The number of benzene rings is 1. The molecule has 100 valence electrons. The molecule has 0 aliphatic carbocycles. The summed E-state index contributed by atoms with van der Waals surface area (Å²) in [4.78, 5) is 3.80. The average Bonchev–Trinajstić information content (AvgIpc) is 2.38. The molecule has 0 amide bonds. The summed E-state index contributed by atoms with van der Waals surface area (Å²) >= 11 is 0. The molecule has 3 nitrogen and oxygen atoms in total. The smallest absolute Gasteiger partial charge is 0.214 e. The monoisotopic (exact) mass is 260 g/mol. The van der Waals surface area contributed by atoms with Crippen LogP contribution in [0.15, 0.2) is 36.4 Å².